The van der Waals surface area contributed by atoms with Crippen LogP contribution in [0.4, 0.5) is 34.1 Å². The van der Waals surface area contributed by atoms with Crippen LogP contribution in [-0.2, 0) is 5.41 Å². The van der Waals surface area contributed by atoms with Gasteiger partial charge in [-0.1, -0.05) is 324 Å². The predicted molar refractivity (Wildman–Crippen MR) is 475 cm³/mol. The fraction of sp³-hybridized carbons (Fsp3) is 0.0377. The molecule has 0 saturated carbocycles. The monoisotopic (exact) mass is 1430 g/mol. The van der Waals surface area contributed by atoms with Crippen LogP contribution in [0.2, 0.25) is 0 Å². The van der Waals surface area contributed by atoms with Gasteiger partial charge in [-0.25, -0.2) is 0 Å². The van der Waals surface area contributed by atoms with Crippen molar-refractivity contribution in [2.45, 2.75) is 26.2 Å². The molecule has 0 amide bonds. The van der Waals surface area contributed by atoms with Gasteiger partial charge in [0.05, 0.1) is 55.6 Å². The zero-order valence-corrected chi connectivity index (χ0v) is 62.0. The minimum atomic E-state index is -0.467. The molecule has 0 bridgehead atoms. The topological polar surface area (TPSA) is 21.3 Å². The van der Waals surface area contributed by atoms with Crippen LogP contribution in [0.1, 0.15) is 31.8 Å². The summed E-state index contributed by atoms with van der Waals surface area (Å²) in [7, 11) is 0. The summed E-state index contributed by atoms with van der Waals surface area (Å²) < 4.78 is 46.3. The van der Waals surface area contributed by atoms with Crippen LogP contribution in [0.5, 0.6) is 0 Å². The van der Waals surface area contributed by atoms with E-state index in [0.29, 0.717) is 10.9 Å². The fourth-order valence-electron chi connectivity index (χ4n) is 18.4. The van der Waals surface area contributed by atoms with E-state index in [4.69, 9.17) is 0 Å². The Kier molecular flexibility index (Phi) is 14.0. The molecule has 0 atom stereocenters. The van der Waals surface area contributed by atoms with Crippen LogP contribution in [0.25, 0.3) is 149 Å². The lowest BCUT2D eigenvalue weighted by molar-refractivity contribution is 0.591. The molecule has 0 radical (unpaired) electrons. The molecule has 5 heterocycles. The molecule has 0 aliphatic carbocycles. The number of hydrogen-bond acceptors (Lipinski definition) is 2. The molecule has 5 nitrogen and oxygen atoms in total. The smallest absolute Gasteiger partial charge is 0.252 e. The van der Waals surface area contributed by atoms with E-state index in [1.165, 1.54) is 21.5 Å². The minimum Gasteiger partial charge on any atom is -0.310 e. The summed E-state index contributed by atoms with van der Waals surface area (Å²) in [6.07, 6.45) is 0. The number of fused-ring (bicyclic) bond motifs is 13. The van der Waals surface area contributed by atoms with Crippen LogP contribution in [0, 0.1) is 0 Å². The lowest BCUT2D eigenvalue weighted by Crippen LogP contribution is -2.61. The van der Waals surface area contributed by atoms with Gasteiger partial charge in [0.2, 0.25) is 0 Å². The van der Waals surface area contributed by atoms with E-state index in [9.17, 15) is 5.48 Å². The van der Waals surface area contributed by atoms with E-state index < -0.39 is 6.71 Å². The molecule has 2 aliphatic rings. The Balaban J connectivity index is 0.906. The molecule has 2 aliphatic heterocycles. The summed E-state index contributed by atoms with van der Waals surface area (Å²) in [4.78, 5) is 5.11. The molecule has 3 aromatic heterocycles. The largest absolute Gasteiger partial charge is 0.310 e. The van der Waals surface area contributed by atoms with Crippen molar-refractivity contribution in [3.63, 3.8) is 0 Å². The zero-order valence-electron chi connectivity index (χ0n) is 66.0. The first kappa shape index (κ1) is 60.8. The Bertz CT molecular complexity index is 6860. The van der Waals surface area contributed by atoms with Crippen molar-refractivity contribution < 1.29 is 5.48 Å². The summed E-state index contributed by atoms with van der Waals surface area (Å²) in [5.74, 6) is 0. The Labute approximate surface area is 657 Å². The molecule has 0 fully saturated rings. The molecular weight excluding hydrogens is 1350 g/mol. The predicted octanol–water partition coefficient (Wildman–Crippen LogP) is 26.4. The van der Waals surface area contributed by atoms with E-state index in [1.807, 2.05) is 0 Å². The highest BCUT2D eigenvalue weighted by Gasteiger charge is 2.46. The quantitative estimate of drug-likeness (QED) is 0.120. The van der Waals surface area contributed by atoms with Crippen molar-refractivity contribution >= 4 is 123 Å². The van der Waals surface area contributed by atoms with Crippen molar-refractivity contribution in [2.75, 3.05) is 9.80 Å². The highest BCUT2D eigenvalue weighted by molar-refractivity contribution is 7.00. The van der Waals surface area contributed by atoms with E-state index in [-0.39, 0.29) is 29.6 Å². The first-order valence-corrected chi connectivity index (χ1v) is 38.7. The van der Waals surface area contributed by atoms with Crippen LogP contribution in [0.3, 0.4) is 0 Å². The summed E-state index contributed by atoms with van der Waals surface area (Å²) in [5.41, 5.74) is 30.9. The number of benzene rings is 17. The lowest BCUT2D eigenvalue weighted by Gasteiger charge is -2.46. The maximum absolute atomic E-state index is 10.3. The third kappa shape index (κ3) is 10.3. The number of aromatic nitrogens is 3. The van der Waals surface area contributed by atoms with E-state index in [2.05, 4.69) is 414 Å². The molecular formula is C106H74BN5. The molecule has 0 N–H and O–H groups in total. The highest BCUT2D eigenvalue weighted by Crippen LogP contribution is 2.55. The van der Waals surface area contributed by atoms with Crippen LogP contribution < -0.4 is 26.2 Å². The molecule has 0 spiro atoms. The van der Waals surface area contributed by atoms with Gasteiger partial charge >= 0.3 is 0 Å². The summed E-state index contributed by atoms with van der Waals surface area (Å²) in [5, 5.41) is 6.03. The maximum Gasteiger partial charge on any atom is 0.252 e. The fourth-order valence-corrected chi connectivity index (χ4v) is 18.4. The first-order valence-electron chi connectivity index (χ1n) is 40.7. The molecule has 112 heavy (non-hydrogen) atoms. The van der Waals surface area contributed by atoms with Gasteiger partial charge in [0, 0.05) is 88.7 Å². The van der Waals surface area contributed by atoms with Crippen LogP contribution in [-0.4, -0.2) is 20.4 Å². The van der Waals surface area contributed by atoms with Gasteiger partial charge in [-0.15, -0.1) is 0 Å². The molecule has 6 heteroatoms. The van der Waals surface area contributed by atoms with Gasteiger partial charge in [0.1, 0.15) is 0 Å². The third-order valence-electron chi connectivity index (χ3n) is 23.5. The van der Waals surface area contributed by atoms with E-state index in [1.54, 1.807) is 0 Å². The molecule has 526 valence electrons. The van der Waals surface area contributed by atoms with Crippen molar-refractivity contribution in [3.8, 4) is 83.8 Å². The Hall–Kier alpha value is -14.2. The Morgan fingerprint density at radius 3 is 1.01 bits per heavy atom. The number of anilines is 6. The van der Waals surface area contributed by atoms with Crippen LogP contribution in [0.15, 0.2) is 394 Å². The molecule has 20 aromatic rings. The number of nitrogens with zero attached hydrogens (tertiary/aromatic N) is 5. The van der Waals surface area contributed by atoms with Crippen molar-refractivity contribution in [1.29, 1.82) is 0 Å². The third-order valence-corrected chi connectivity index (χ3v) is 23.5. The van der Waals surface area contributed by atoms with Gasteiger partial charge in [0.25, 0.3) is 6.71 Å². The standard InChI is InChI=1S/C106H74BN5/c1-106(2,3)77-58-61-98-90(66-77)89-46-20-25-55-97(89)110(98)80-67-101-103-102(68-80)112(105-83(71-34-12-6-13-35-71)49-29-50-84(105)72-36-14-7-15-37-72)100-60-57-76(74-39-27-41-79(63-74)109-95-53-23-18-44-87(95)88-45-19-24-54-96(88)109)65-92(100)107(103)91-64-75(73-38-26-40-78(62-73)108-93-51-21-16-42-85(93)86-43-17-22-52-94(86)108)56-59-99(91)111(101)104-81(69-30-8-4-9-31-69)47-28-48-82(104)70-32-10-5-11-33-70/h4-68H,1-3H3/i20D,25D,46D,55D. The summed E-state index contributed by atoms with van der Waals surface area (Å²) in [6.45, 7) is 6.12. The van der Waals surface area contributed by atoms with Gasteiger partial charge in [-0.05, 0) is 163 Å². The lowest BCUT2D eigenvalue weighted by atomic mass is 9.33. The van der Waals surface area contributed by atoms with Gasteiger partial charge in [-0.2, -0.15) is 0 Å². The highest BCUT2D eigenvalue weighted by atomic mass is 15.2. The van der Waals surface area contributed by atoms with Gasteiger partial charge in [-0.3, -0.25) is 0 Å². The summed E-state index contributed by atoms with van der Waals surface area (Å²) in [6, 6.07) is 134. The minimum absolute atomic E-state index is 0.0809. The average Bonchev–Trinajstić information content (AvgIpc) is 0.700. The molecule has 0 unspecified atom stereocenters. The second kappa shape index (κ2) is 25.7. The van der Waals surface area contributed by atoms with Crippen LogP contribution >= 0.6 is 0 Å². The Morgan fingerprint density at radius 2 is 0.598 bits per heavy atom. The second-order valence-electron chi connectivity index (χ2n) is 30.8. The molecule has 22 rings (SSSR count). The van der Waals surface area contributed by atoms with E-state index in [0.717, 1.165) is 173 Å². The average molecular weight is 1430 g/mol. The first-order chi connectivity index (χ1) is 56.9. The SMILES string of the molecule is [2H]c1c([2H])c([2H])c2c(c1[2H])c1cc(C(C)(C)C)ccc1n2-c1cc2c3c(c1)N(c1c(-c4ccccc4)cccc1-c1ccccc1)c1ccc(-c4cccc(-n5c6ccccc6c6ccccc65)c4)cc1B3c1cc(-c3cccc(-n4c5ccccc5c5ccccc54)c3)ccc1N2c1c(-c2ccccc2)cccc1-c1ccccc1. The Morgan fingerprint density at radius 1 is 0.250 bits per heavy atom. The van der Waals surface area contributed by atoms with E-state index >= 15 is 0 Å². The molecule has 17 aromatic carbocycles. The zero-order chi connectivity index (χ0) is 77.8. The van der Waals surface area contributed by atoms with Crippen molar-refractivity contribution in [1.82, 2.24) is 13.7 Å². The molecule has 0 saturated heterocycles. The summed E-state index contributed by atoms with van der Waals surface area (Å²) >= 11 is 0. The second-order valence-corrected chi connectivity index (χ2v) is 30.8. The maximum atomic E-state index is 10.3. The number of hydrogen-bond donors (Lipinski definition) is 0. The van der Waals surface area contributed by atoms with Crippen molar-refractivity contribution in [2.24, 2.45) is 0 Å². The van der Waals surface area contributed by atoms with Gasteiger partial charge in [0.15, 0.2) is 0 Å². The van der Waals surface area contributed by atoms with Crippen molar-refractivity contribution in [3.05, 3.63) is 400 Å². The number of para-hydroxylation sites is 7. The van der Waals surface area contributed by atoms with Gasteiger partial charge < -0.3 is 23.5 Å². The normalized spacial score (nSPS) is 13.0. The number of rotatable bonds is 11.